The molecule has 0 saturated carbocycles. The molecule has 128 valence electrons. The van der Waals surface area contributed by atoms with Crippen molar-refractivity contribution >= 4 is 11.9 Å². The maximum absolute atomic E-state index is 12.6. The second kappa shape index (κ2) is 6.86. The summed E-state index contributed by atoms with van der Waals surface area (Å²) in [5.41, 5.74) is 0.784. The average molecular weight is 330 g/mol. The number of hydrogen-bond acceptors (Lipinski definition) is 4. The minimum atomic E-state index is -0.950. The summed E-state index contributed by atoms with van der Waals surface area (Å²) in [7, 11) is 0. The molecule has 2 heterocycles. The number of aromatic nitrogens is 1. The number of amides is 1. The van der Waals surface area contributed by atoms with Gasteiger partial charge in [0.15, 0.2) is 5.76 Å². The number of aliphatic carboxylic acids is 1. The second-order valence-electron chi connectivity index (χ2n) is 6.40. The Bertz CT molecular complexity index is 737. The number of hydrogen-bond donors (Lipinski definition) is 2. The van der Waals surface area contributed by atoms with Crippen LogP contribution in [0.2, 0.25) is 0 Å². The Morgan fingerprint density at radius 3 is 2.54 bits per heavy atom. The normalized spacial score (nSPS) is 13.5. The molecule has 0 bridgehead atoms. The largest absolute Gasteiger partial charge is 0.481 e. The van der Waals surface area contributed by atoms with Gasteiger partial charge in [-0.05, 0) is 44.0 Å². The average Bonchev–Trinajstić information content (AvgIpc) is 2.99. The molecule has 0 spiro atoms. The highest BCUT2D eigenvalue weighted by atomic mass is 16.4. The fraction of sp³-hybridized carbons (Fsp3) is 0.389. The van der Waals surface area contributed by atoms with Crippen LogP contribution in [0.4, 0.5) is 0 Å². The van der Waals surface area contributed by atoms with Gasteiger partial charge in [0.2, 0.25) is 0 Å². The van der Waals surface area contributed by atoms with Gasteiger partial charge in [0.25, 0.3) is 5.91 Å². The van der Waals surface area contributed by atoms with Crippen LogP contribution in [0.25, 0.3) is 11.5 Å². The lowest BCUT2D eigenvalue weighted by Crippen LogP contribution is -2.51. The minimum absolute atomic E-state index is 0.0341. The van der Waals surface area contributed by atoms with Crippen LogP contribution in [0.5, 0.6) is 0 Å². The summed E-state index contributed by atoms with van der Waals surface area (Å²) in [6.45, 7) is 7.25. The van der Waals surface area contributed by atoms with Gasteiger partial charge in [0.1, 0.15) is 5.69 Å². The SMILES string of the molecule is Cc1nc(-c2ccco2)ccc1C(=O)NC(C)(CC(=O)O)C(C)C. The lowest BCUT2D eigenvalue weighted by Gasteiger charge is -2.33. The van der Waals surface area contributed by atoms with Gasteiger partial charge in [-0.2, -0.15) is 0 Å². The summed E-state index contributed by atoms with van der Waals surface area (Å²) >= 11 is 0. The first-order chi connectivity index (χ1) is 11.2. The molecular formula is C18H22N2O4. The highest BCUT2D eigenvalue weighted by Crippen LogP contribution is 2.23. The molecule has 2 aromatic rings. The molecule has 0 aromatic carbocycles. The van der Waals surface area contributed by atoms with E-state index in [0.29, 0.717) is 22.7 Å². The van der Waals surface area contributed by atoms with Crippen LogP contribution in [0, 0.1) is 12.8 Å². The first-order valence-corrected chi connectivity index (χ1v) is 7.79. The van der Waals surface area contributed by atoms with Gasteiger partial charge >= 0.3 is 5.97 Å². The van der Waals surface area contributed by atoms with E-state index in [-0.39, 0.29) is 18.2 Å². The molecule has 0 radical (unpaired) electrons. The van der Waals surface area contributed by atoms with Gasteiger partial charge in [-0.1, -0.05) is 13.8 Å². The maximum atomic E-state index is 12.6. The number of aryl methyl sites for hydroxylation is 1. The first kappa shape index (κ1) is 17.7. The third-order valence-corrected chi connectivity index (χ3v) is 4.30. The quantitative estimate of drug-likeness (QED) is 0.848. The molecule has 0 aliphatic carbocycles. The highest BCUT2D eigenvalue weighted by molar-refractivity contribution is 5.96. The van der Waals surface area contributed by atoms with E-state index in [9.17, 15) is 9.59 Å². The Balaban J connectivity index is 2.24. The number of carboxylic acid groups (broad SMARTS) is 1. The molecule has 0 saturated heterocycles. The van der Waals surface area contributed by atoms with Crippen LogP contribution < -0.4 is 5.32 Å². The predicted molar refractivity (Wildman–Crippen MR) is 89.6 cm³/mol. The summed E-state index contributed by atoms with van der Waals surface area (Å²) in [6.07, 6.45) is 1.42. The Morgan fingerprint density at radius 1 is 1.33 bits per heavy atom. The molecule has 1 unspecified atom stereocenters. The van der Waals surface area contributed by atoms with E-state index in [4.69, 9.17) is 9.52 Å². The number of rotatable bonds is 6. The van der Waals surface area contributed by atoms with Crippen molar-refractivity contribution in [1.29, 1.82) is 0 Å². The Labute approximate surface area is 140 Å². The van der Waals surface area contributed by atoms with Crippen LogP contribution in [-0.2, 0) is 4.79 Å². The lowest BCUT2D eigenvalue weighted by atomic mass is 9.85. The minimum Gasteiger partial charge on any atom is -0.481 e. The van der Waals surface area contributed by atoms with Crippen molar-refractivity contribution in [1.82, 2.24) is 10.3 Å². The van der Waals surface area contributed by atoms with E-state index in [1.165, 1.54) is 0 Å². The third-order valence-electron chi connectivity index (χ3n) is 4.30. The molecule has 2 rings (SSSR count). The van der Waals surface area contributed by atoms with Crippen molar-refractivity contribution in [2.24, 2.45) is 5.92 Å². The van der Waals surface area contributed by atoms with Crippen LogP contribution in [0.1, 0.15) is 43.2 Å². The van der Waals surface area contributed by atoms with Crippen LogP contribution in [0.3, 0.4) is 0 Å². The van der Waals surface area contributed by atoms with Crippen molar-refractivity contribution in [3.63, 3.8) is 0 Å². The summed E-state index contributed by atoms with van der Waals surface area (Å²) < 4.78 is 5.30. The van der Waals surface area contributed by atoms with Crippen molar-refractivity contribution in [2.45, 2.75) is 39.7 Å². The van der Waals surface area contributed by atoms with Crippen molar-refractivity contribution in [3.8, 4) is 11.5 Å². The van der Waals surface area contributed by atoms with Crippen molar-refractivity contribution in [2.75, 3.05) is 0 Å². The Hall–Kier alpha value is -2.63. The highest BCUT2D eigenvalue weighted by Gasteiger charge is 2.33. The van der Waals surface area contributed by atoms with Crippen LogP contribution in [0.15, 0.2) is 34.9 Å². The number of nitrogens with one attached hydrogen (secondary N) is 1. The van der Waals surface area contributed by atoms with Crippen molar-refractivity contribution < 1.29 is 19.1 Å². The number of pyridine rings is 1. The van der Waals surface area contributed by atoms with E-state index in [0.717, 1.165) is 0 Å². The summed E-state index contributed by atoms with van der Waals surface area (Å²) in [6, 6.07) is 6.96. The third kappa shape index (κ3) is 3.82. The first-order valence-electron chi connectivity index (χ1n) is 7.79. The predicted octanol–water partition coefficient (Wildman–Crippen LogP) is 3.27. The summed E-state index contributed by atoms with van der Waals surface area (Å²) in [4.78, 5) is 28.1. The molecule has 6 nitrogen and oxygen atoms in total. The summed E-state index contributed by atoms with van der Waals surface area (Å²) in [5.74, 6) is -0.686. The molecule has 6 heteroatoms. The van der Waals surface area contributed by atoms with E-state index >= 15 is 0 Å². The van der Waals surface area contributed by atoms with E-state index < -0.39 is 11.5 Å². The molecule has 2 aromatic heterocycles. The Morgan fingerprint density at radius 2 is 2.04 bits per heavy atom. The van der Waals surface area contributed by atoms with Gasteiger partial charge in [-0.3, -0.25) is 9.59 Å². The zero-order valence-electron chi connectivity index (χ0n) is 14.3. The Kier molecular flexibility index (Phi) is 5.07. The molecule has 2 N–H and O–H groups in total. The smallest absolute Gasteiger partial charge is 0.305 e. The zero-order valence-corrected chi connectivity index (χ0v) is 14.3. The van der Waals surface area contributed by atoms with Gasteiger partial charge in [-0.15, -0.1) is 0 Å². The van der Waals surface area contributed by atoms with E-state index in [1.54, 1.807) is 44.4 Å². The maximum Gasteiger partial charge on any atom is 0.305 e. The van der Waals surface area contributed by atoms with Crippen LogP contribution >= 0.6 is 0 Å². The molecule has 0 fully saturated rings. The van der Waals surface area contributed by atoms with E-state index in [1.807, 2.05) is 13.8 Å². The number of carbonyl (C=O) groups excluding carboxylic acids is 1. The number of carbonyl (C=O) groups is 2. The molecule has 0 aliphatic heterocycles. The lowest BCUT2D eigenvalue weighted by molar-refractivity contribution is -0.138. The molecule has 1 atom stereocenters. The standard InChI is InChI=1S/C18H22N2O4/c1-11(2)18(4,10-16(21)22)20-17(23)13-7-8-14(19-12(13)3)15-6-5-9-24-15/h5-9,11H,10H2,1-4H3,(H,20,23)(H,21,22). The summed E-state index contributed by atoms with van der Waals surface area (Å²) in [5, 5.41) is 12.0. The fourth-order valence-electron chi connectivity index (χ4n) is 2.40. The van der Waals surface area contributed by atoms with Gasteiger partial charge < -0.3 is 14.8 Å². The van der Waals surface area contributed by atoms with Crippen LogP contribution in [-0.4, -0.2) is 27.5 Å². The van der Waals surface area contributed by atoms with Gasteiger partial charge in [-0.25, -0.2) is 4.98 Å². The van der Waals surface area contributed by atoms with Gasteiger partial charge in [0, 0.05) is 0 Å². The van der Waals surface area contributed by atoms with Gasteiger partial charge in [0.05, 0.1) is 29.5 Å². The molecule has 24 heavy (non-hydrogen) atoms. The number of furan rings is 1. The van der Waals surface area contributed by atoms with Crippen molar-refractivity contribution in [3.05, 3.63) is 41.8 Å². The fourth-order valence-corrected chi connectivity index (χ4v) is 2.40. The number of carboxylic acids is 1. The molecular weight excluding hydrogens is 308 g/mol. The second-order valence-corrected chi connectivity index (χ2v) is 6.40. The monoisotopic (exact) mass is 330 g/mol. The molecule has 0 aliphatic rings. The zero-order chi connectivity index (χ0) is 17.9. The van der Waals surface area contributed by atoms with E-state index in [2.05, 4.69) is 10.3 Å². The topological polar surface area (TPSA) is 92.4 Å². The number of nitrogens with zero attached hydrogens (tertiary/aromatic N) is 1. The molecule has 1 amide bonds.